The molecule has 0 heteroatoms. The van der Waals surface area contributed by atoms with Gasteiger partial charge in [0.1, 0.15) is 0 Å². The van der Waals surface area contributed by atoms with Crippen molar-refractivity contribution in [3.8, 4) is 0 Å². The zero-order chi connectivity index (χ0) is 15.6. The second-order valence-electron chi connectivity index (χ2n) is 5.88. The molecule has 0 amide bonds. The minimum atomic E-state index is 0.147. The monoisotopic (exact) mass is 252 g/mol. The van der Waals surface area contributed by atoms with Crippen molar-refractivity contribution in [1.29, 1.82) is 0 Å². The smallest absolute Gasteiger partial charge is 0.0138 e. The second kappa shape index (κ2) is 10.2. The van der Waals surface area contributed by atoms with E-state index in [-0.39, 0.29) is 10.8 Å². The van der Waals surface area contributed by atoms with Gasteiger partial charge in [-0.1, -0.05) is 94.5 Å². The van der Waals surface area contributed by atoms with Crippen LogP contribution in [-0.4, -0.2) is 0 Å². The van der Waals surface area contributed by atoms with Crippen molar-refractivity contribution in [3.63, 3.8) is 0 Å². The lowest BCUT2D eigenvalue weighted by molar-refractivity contribution is 0.512. The molecule has 18 heavy (non-hydrogen) atoms. The maximum atomic E-state index is 4.05. The third kappa shape index (κ3) is 11.7. The number of allylic oxidation sites excluding steroid dienone is 4. The standard InChI is InChI=1S/C14H24.2C2H6/c1-11(13(3,4)5)9-10-12(2)14(6,7)8;2*1-2/h9-10H,1-2H2,3-8H3;2*1-2H3/b10-9-;;. The van der Waals surface area contributed by atoms with Gasteiger partial charge in [0.15, 0.2) is 0 Å². The molecule has 0 radical (unpaired) electrons. The highest BCUT2D eigenvalue weighted by molar-refractivity contribution is 5.30. The van der Waals surface area contributed by atoms with Crippen LogP contribution in [0.25, 0.3) is 0 Å². The van der Waals surface area contributed by atoms with Crippen molar-refractivity contribution in [2.45, 2.75) is 69.2 Å². The molecule has 108 valence electrons. The number of rotatable bonds is 2. The molecule has 0 spiro atoms. The van der Waals surface area contributed by atoms with Gasteiger partial charge in [-0.3, -0.25) is 0 Å². The molecule has 0 aliphatic carbocycles. The van der Waals surface area contributed by atoms with Crippen LogP contribution in [0.3, 0.4) is 0 Å². The SMILES string of the molecule is C=C(/C=C\C(=C)C(C)(C)C)C(C)(C)C.CC.CC. The summed E-state index contributed by atoms with van der Waals surface area (Å²) in [5, 5.41) is 0. The van der Waals surface area contributed by atoms with Gasteiger partial charge in [-0.25, -0.2) is 0 Å². The Morgan fingerprint density at radius 1 is 0.611 bits per heavy atom. The molecule has 0 bridgehead atoms. The first kappa shape index (κ1) is 22.4. The number of hydrogen-bond donors (Lipinski definition) is 0. The summed E-state index contributed by atoms with van der Waals surface area (Å²) in [4.78, 5) is 0. The fourth-order valence-corrected chi connectivity index (χ4v) is 0.701. The van der Waals surface area contributed by atoms with E-state index in [1.807, 2.05) is 27.7 Å². The van der Waals surface area contributed by atoms with Crippen LogP contribution >= 0.6 is 0 Å². The van der Waals surface area contributed by atoms with Crippen molar-refractivity contribution in [2.75, 3.05) is 0 Å². The Morgan fingerprint density at radius 2 is 0.778 bits per heavy atom. The van der Waals surface area contributed by atoms with E-state index in [1.165, 1.54) is 0 Å². The van der Waals surface area contributed by atoms with Gasteiger partial charge in [-0.2, -0.15) is 0 Å². The van der Waals surface area contributed by atoms with E-state index in [2.05, 4.69) is 66.9 Å². The Morgan fingerprint density at radius 3 is 0.889 bits per heavy atom. The van der Waals surface area contributed by atoms with Crippen LogP contribution in [0.5, 0.6) is 0 Å². The summed E-state index contributed by atoms with van der Waals surface area (Å²) in [5.41, 5.74) is 2.58. The van der Waals surface area contributed by atoms with Crippen molar-refractivity contribution < 1.29 is 0 Å². The van der Waals surface area contributed by atoms with Gasteiger partial charge in [0.2, 0.25) is 0 Å². The van der Waals surface area contributed by atoms with Gasteiger partial charge >= 0.3 is 0 Å². The highest BCUT2D eigenvalue weighted by atomic mass is 14.2. The molecule has 0 aliphatic rings. The van der Waals surface area contributed by atoms with E-state index in [0.29, 0.717) is 0 Å². The van der Waals surface area contributed by atoms with E-state index in [0.717, 1.165) is 11.1 Å². The number of hydrogen-bond acceptors (Lipinski definition) is 0. The predicted octanol–water partition coefficient (Wildman–Crippen LogP) is 6.80. The molecule has 0 rings (SSSR count). The molecule has 0 unspecified atom stereocenters. The first-order valence-electron chi connectivity index (χ1n) is 7.12. The lowest BCUT2D eigenvalue weighted by Crippen LogP contribution is -2.08. The Labute approximate surface area is 117 Å². The molecule has 0 saturated heterocycles. The zero-order valence-corrected chi connectivity index (χ0v) is 14.6. The summed E-state index contributed by atoms with van der Waals surface area (Å²) in [7, 11) is 0. The molecule has 0 atom stereocenters. The molecule has 0 aromatic carbocycles. The largest absolute Gasteiger partial charge is 0.0953 e. The molecule has 0 aromatic rings. The van der Waals surface area contributed by atoms with Gasteiger partial charge in [-0.15, -0.1) is 0 Å². The Kier molecular flexibility index (Phi) is 12.7. The predicted molar refractivity (Wildman–Crippen MR) is 89.0 cm³/mol. The van der Waals surface area contributed by atoms with Crippen LogP contribution < -0.4 is 0 Å². The first-order valence-corrected chi connectivity index (χ1v) is 7.12. The third-order valence-corrected chi connectivity index (χ3v) is 2.41. The average Bonchev–Trinajstić information content (AvgIpc) is 2.28. The van der Waals surface area contributed by atoms with E-state index < -0.39 is 0 Å². The van der Waals surface area contributed by atoms with Gasteiger partial charge in [0.25, 0.3) is 0 Å². The molecule has 0 fully saturated rings. The first-order chi connectivity index (χ1) is 8.05. The fourth-order valence-electron chi connectivity index (χ4n) is 0.701. The Hall–Kier alpha value is -0.780. The topological polar surface area (TPSA) is 0 Å². The summed E-state index contributed by atoms with van der Waals surface area (Å²) in [6, 6.07) is 0. The highest BCUT2D eigenvalue weighted by Crippen LogP contribution is 2.28. The van der Waals surface area contributed by atoms with Crippen LogP contribution in [0.2, 0.25) is 0 Å². The Balaban J connectivity index is -0.000000506. The molecule has 0 nitrogen and oxygen atoms in total. The molecule has 0 aliphatic heterocycles. The fraction of sp³-hybridized carbons (Fsp3) is 0.667. The van der Waals surface area contributed by atoms with Crippen LogP contribution in [0.1, 0.15) is 69.2 Å². The molecular formula is C18H36. The van der Waals surface area contributed by atoms with Gasteiger partial charge in [0.05, 0.1) is 0 Å². The van der Waals surface area contributed by atoms with Crippen molar-refractivity contribution in [1.82, 2.24) is 0 Å². The van der Waals surface area contributed by atoms with Gasteiger partial charge in [0, 0.05) is 0 Å². The summed E-state index contributed by atoms with van der Waals surface area (Å²) in [5.74, 6) is 0. The van der Waals surface area contributed by atoms with Gasteiger partial charge in [-0.05, 0) is 22.0 Å². The maximum Gasteiger partial charge on any atom is -0.0138 e. The van der Waals surface area contributed by atoms with Crippen LogP contribution in [0.15, 0.2) is 36.5 Å². The van der Waals surface area contributed by atoms with Crippen molar-refractivity contribution >= 4 is 0 Å². The van der Waals surface area contributed by atoms with Crippen LogP contribution in [0, 0.1) is 10.8 Å². The normalized spacial score (nSPS) is 11.0. The quantitative estimate of drug-likeness (QED) is 0.474. The maximum absolute atomic E-state index is 4.05. The zero-order valence-electron chi connectivity index (χ0n) is 14.6. The molecule has 0 saturated carbocycles. The minimum Gasteiger partial charge on any atom is -0.0953 e. The van der Waals surface area contributed by atoms with E-state index in [1.54, 1.807) is 0 Å². The third-order valence-electron chi connectivity index (χ3n) is 2.41. The van der Waals surface area contributed by atoms with Gasteiger partial charge < -0.3 is 0 Å². The summed E-state index contributed by atoms with van der Waals surface area (Å²) >= 11 is 0. The minimum absolute atomic E-state index is 0.147. The lowest BCUT2D eigenvalue weighted by atomic mass is 9.84. The Bertz CT molecular complexity index is 223. The highest BCUT2D eigenvalue weighted by Gasteiger charge is 2.14. The second-order valence-corrected chi connectivity index (χ2v) is 5.88. The van der Waals surface area contributed by atoms with E-state index in [4.69, 9.17) is 0 Å². The van der Waals surface area contributed by atoms with Crippen molar-refractivity contribution in [2.24, 2.45) is 10.8 Å². The van der Waals surface area contributed by atoms with Crippen molar-refractivity contribution in [3.05, 3.63) is 36.5 Å². The van der Waals surface area contributed by atoms with Crippen LogP contribution in [-0.2, 0) is 0 Å². The average molecular weight is 252 g/mol. The summed E-state index contributed by atoms with van der Waals surface area (Å²) in [6.45, 7) is 29.1. The molecular weight excluding hydrogens is 216 g/mol. The molecule has 0 aromatic heterocycles. The summed E-state index contributed by atoms with van der Waals surface area (Å²) < 4.78 is 0. The van der Waals surface area contributed by atoms with Crippen LogP contribution in [0.4, 0.5) is 0 Å². The summed E-state index contributed by atoms with van der Waals surface area (Å²) in [6.07, 6.45) is 4.15. The van der Waals surface area contributed by atoms with E-state index >= 15 is 0 Å². The lowest BCUT2D eigenvalue weighted by Gasteiger charge is -2.21. The van der Waals surface area contributed by atoms with E-state index in [9.17, 15) is 0 Å². The molecule has 0 N–H and O–H groups in total. The molecule has 0 heterocycles.